The number of ether oxygens (including phenoxy) is 2. The number of nitrogens with one attached hydrogen (secondary N) is 3. The molecule has 27 heavy (non-hydrogen) atoms. The monoisotopic (exact) mass is 370 g/mol. The molecule has 1 aliphatic rings. The van der Waals surface area contributed by atoms with Gasteiger partial charge in [-0.25, -0.2) is 0 Å². The second-order valence-corrected chi connectivity index (χ2v) is 7.04. The molecule has 6 nitrogen and oxygen atoms in total. The van der Waals surface area contributed by atoms with Crippen LogP contribution in [0.4, 0.5) is 5.69 Å². The summed E-state index contributed by atoms with van der Waals surface area (Å²) >= 11 is 0. The maximum atomic E-state index is 5.73. The number of hydrogen-bond acceptors (Lipinski definition) is 6. The summed E-state index contributed by atoms with van der Waals surface area (Å²) in [6, 6.07) is 16.4. The van der Waals surface area contributed by atoms with Crippen LogP contribution in [-0.4, -0.2) is 58.6 Å². The first kappa shape index (κ1) is 19.5. The van der Waals surface area contributed by atoms with Crippen LogP contribution in [0.1, 0.15) is 11.5 Å². The first-order chi connectivity index (χ1) is 13.1. The fourth-order valence-corrected chi connectivity index (χ4v) is 3.04. The Morgan fingerprint density at radius 1 is 0.963 bits per heavy atom. The van der Waals surface area contributed by atoms with Gasteiger partial charge in [0.15, 0.2) is 0 Å². The predicted molar refractivity (Wildman–Crippen MR) is 110 cm³/mol. The molecule has 1 aliphatic heterocycles. The average Bonchev–Trinajstić information content (AvgIpc) is 2.70. The summed E-state index contributed by atoms with van der Waals surface area (Å²) in [4.78, 5) is 2.11. The van der Waals surface area contributed by atoms with E-state index < -0.39 is 0 Å². The number of methoxy groups -OCH3 is 1. The highest BCUT2D eigenvalue weighted by Crippen LogP contribution is 2.21. The van der Waals surface area contributed by atoms with Crippen LogP contribution in [0.3, 0.4) is 0 Å². The van der Waals surface area contributed by atoms with Gasteiger partial charge < -0.3 is 19.7 Å². The standard InChI is InChI=1S/C21H30N4O2/c1-25(2)12-13-27-20-10-6-18(7-11-20)24-21-22-14-17(15-23-21)16-4-8-19(26-3)9-5-16/h4-11,17,21-24H,12-15H2,1-3H3. The second-order valence-electron chi connectivity index (χ2n) is 7.04. The molecule has 0 aliphatic carbocycles. The summed E-state index contributed by atoms with van der Waals surface area (Å²) in [5, 5.41) is 10.5. The van der Waals surface area contributed by atoms with Gasteiger partial charge in [0, 0.05) is 31.2 Å². The molecule has 1 saturated heterocycles. The van der Waals surface area contributed by atoms with E-state index in [-0.39, 0.29) is 6.29 Å². The Morgan fingerprint density at radius 3 is 2.19 bits per heavy atom. The van der Waals surface area contributed by atoms with Crippen molar-refractivity contribution in [3.63, 3.8) is 0 Å². The molecule has 1 heterocycles. The van der Waals surface area contributed by atoms with Gasteiger partial charge in [-0.05, 0) is 56.1 Å². The second kappa shape index (κ2) is 9.60. The molecule has 3 rings (SSSR count). The minimum absolute atomic E-state index is 0.0556. The Balaban J connectivity index is 1.44. The summed E-state index contributed by atoms with van der Waals surface area (Å²) in [5.41, 5.74) is 2.37. The Morgan fingerprint density at radius 2 is 1.59 bits per heavy atom. The van der Waals surface area contributed by atoms with Gasteiger partial charge in [-0.3, -0.25) is 10.6 Å². The van der Waals surface area contributed by atoms with Gasteiger partial charge in [0.1, 0.15) is 24.4 Å². The quantitative estimate of drug-likeness (QED) is 0.663. The van der Waals surface area contributed by atoms with E-state index in [1.807, 2.05) is 50.5 Å². The topological polar surface area (TPSA) is 57.8 Å². The highest BCUT2D eigenvalue weighted by molar-refractivity contribution is 5.47. The van der Waals surface area contributed by atoms with Crippen LogP contribution in [0, 0.1) is 0 Å². The number of benzene rings is 2. The van der Waals surface area contributed by atoms with Gasteiger partial charge in [0.2, 0.25) is 0 Å². The normalized spacial score (nSPS) is 19.7. The summed E-state index contributed by atoms with van der Waals surface area (Å²) in [7, 11) is 5.77. The van der Waals surface area contributed by atoms with Crippen LogP contribution in [0.25, 0.3) is 0 Å². The lowest BCUT2D eigenvalue weighted by Gasteiger charge is -2.32. The molecule has 0 saturated carbocycles. The molecule has 0 bridgehead atoms. The lowest BCUT2D eigenvalue weighted by atomic mass is 9.97. The summed E-state index contributed by atoms with van der Waals surface area (Å²) in [5.74, 6) is 2.23. The van der Waals surface area contributed by atoms with E-state index in [2.05, 4.69) is 33.0 Å². The Labute approximate surface area is 161 Å². The molecule has 146 valence electrons. The highest BCUT2D eigenvalue weighted by Gasteiger charge is 2.20. The van der Waals surface area contributed by atoms with Crippen LogP contribution in [0.2, 0.25) is 0 Å². The molecular weight excluding hydrogens is 340 g/mol. The van der Waals surface area contributed by atoms with E-state index in [0.717, 1.165) is 36.8 Å². The maximum Gasteiger partial charge on any atom is 0.132 e. The van der Waals surface area contributed by atoms with Crippen molar-refractivity contribution < 1.29 is 9.47 Å². The first-order valence-corrected chi connectivity index (χ1v) is 9.39. The molecule has 0 spiro atoms. The third kappa shape index (κ3) is 5.85. The van der Waals surface area contributed by atoms with Crippen molar-refractivity contribution in [3.05, 3.63) is 54.1 Å². The fraction of sp³-hybridized carbons (Fsp3) is 0.429. The third-order valence-corrected chi connectivity index (χ3v) is 4.70. The smallest absolute Gasteiger partial charge is 0.132 e. The van der Waals surface area contributed by atoms with Crippen molar-refractivity contribution in [1.82, 2.24) is 15.5 Å². The van der Waals surface area contributed by atoms with Gasteiger partial charge in [0.05, 0.1) is 7.11 Å². The Bertz CT molecular complexity index is 680. The predicted octanol–water partition coefficient (Wildman–Crippen LogP) is 2.31. The zero-order valence-corrected chi connectivity index (χ0v) is 16.4. The van der Waals surface area contributed by atoms with Crippen LogP contribution in [0.5, 0.6) is 11.5 Å². The van der Waals surface area contributed by atoms with Crippen molar-refractivity contribution in [3.8, 4) is 11.5 Å². The lowest BCUT2D eigenvalue weighted by molar-refractivity contribution is 0.261. The lowest BCUT2D eigenvalue weighted by Crippen LogP contribution is -2.55. The van der Waals surface area contributed by atoms with Crippen molar-refractivity contribution in [2.24, 2.45) is 0 Å². The van der Waals surface area contributed by atoms with Crippen molar-refractivity contribution in [2.45, 2.75) is 12.2 Å². The van der Waals surface area contributed by atoms with E-state index in [4.69, 9.17) is 9.47 Å². The molecule has 3 N–H and O–H groups in total. The van der Waals surface area contributed by atoms with Gasteiger partial charge in [-0.15, -0.1) is 0 Å². The molecular formula is C21H30N4O2. The first-order valence-electron chi connectivity index (χ1n) is 9.39. The van der Waals surface area contributed by atoms with Gasteiger partial charge in [0.25, 0.3) is 0 Å². The summed E-state index contributed by atoms with van der Waals surface area (Å²) < 4.78 is 11.0. The minimum Gasteiger partial charge on any atom is -0.497 e. The number of likely N-dealkylation sites (N-methyl/N-ethyl adjacent to an activating group) is 1. The zero-order chi connectivity index (χ0) is 19.1. The summed E-state index contributed by atoms with van der Waals surface area (Å²) in [6.45, 7) is 3.44. The van der Waals surface area contributed by atoms with Crippen LogP contribution in [-0.2, 0) is 0 Å². The molecule has 2 aromatic rings. The van der Waals surface area contributed by atoms with E-state index in [0.29, 0.717) is 12.5 Å². The average molecular weight is 370 g/mol. The van der Waals surface area contributed by atoms with Crippen molar-refractivity contribution in [1.29, 1.82) is 0 Å². The molecule has 0 atom stereocenters. The maximum absolute atomic E-state index is 5.73. The van der Waals surface area contributed by atoms with Crippen LogP contribution >= 0.6 is 0 Å². The van der Waals surface area contributed by atoms with Crippen LogP contribution < -0.4 is 25.4 Å². The van der Waals surface area contributed by atoms with Crippen molar-refractivity contribution >= 4 is 5.69 Å². The number of anilines is 1. The zero-order valence-electron chi connectivity index (χ0n) is 16.4. The van der Waals surface area contributed by atoms with Gasteiger partial charge in [-0.1, -0.05) is 12.1 Å². The Kier molecular flexibility index (Phi) is 6.92. The number of rotatable bonds is 8. The van der Waals surface area contributed by atoms with E-state index >= 15 is 0 Å². The van der Waals surface area contributed by atoms with E-state index in [1.54, 1.807) is 7.11 Å². The van der Waals surface area contributed by atoms with Crippen molar-refractivity contribution in [2.75, 3.05) is 52.8 Å². The largest absolute Gasteiger partial charge is 0.497 e. The molecule has 0 unspecified atom stereocenters. The highest BCUT2D eigenvalue weighted by atomic mass is 16.5. The number of nitrogens with zero attached hydrogens (tertiary/aromatic N) is 1. The molecule has 0 radical (unpaired) electrons. The molecule has 0 amide bonds. The van der Waals surface area contributed by atoms with E-state index in [9.17, 15) is 0 Å². The molecule has 6 heteroatoms. The molecule has 0 aromatic heterocycles. The SMILES string of the molecule is COc1ccc(C2CNC(Nc3ccc(OCCN(C)C)cc3)NC2)cc1. The Hall–Kier alpha value is -2.28. The number of hydrogen-bond donors (Lipinski definition) is 3. The van der Waals surface area contributed by atoms with Gasteiger partial charge in [-0.2, -0.15) is 0 Å². The minimum atomic E-state index is 0.0556. The van der Waals surface area contributed by atoms with Crippen LogP contribution in [0.15, 0.2) is 48.5 Å². The fourth-order valence-electron chi connectivity index (χ4n) is 3.04. The molecule has 2 aromatic carbocycles. The van der Waals surface area contributed by atoms with Gasteiger partial charge >= 0.3 is 0 Å². The third-order valence-electron chi connectivity index (χ3n) is 4.70. The summed E-state index contributed by atoms with van der Waals surface area (Å²) in [6.07, 6.45) is 0.0556. The molecule has 1 fully saturated rings. The van der Waals surface area contributed by atoms with E-state index in [1.165, 1.54) is 5.56 Å².